The number of rotatable bonds is 2. The maximum Gasteiger partial charge on any atom is 0.240 e. The Kier molecular flexibility index (Phi) is 3.01. The van der Waals surface area contributed by atoms with Gasteiger partial charge in [0, 0.05) is 6.04 Å². The van der Waals surface area contributed by atoms with Gasteiger partial charge in [0.25, 0.3) is 0 Å². The fraction of sp³-hybridized carbons (Fsp3) is 0.917. The van der Waals surface area contributed by atoms with Crippen molar-refractivity contribution in [1.29, 1.82) is 0 Å². The highest BCUT2D eigenvalue weighted by Gasteiger charge is 2.37. The zero-order chi connectivity index (χ0) is 10.9. The van der Waals surface area contributed by atoms with Crippen molar-refractivity contribution in [2.45, 2.75) is 57.5 Å². The van der Waals surface area contributed by atoms with Crippen molar-refractivity contribution < 1.29 is 4.79 Å². The zero-order valence-electron chi connectivity index (χ0n) is 9.81. The summed E-state index contributed by atoms with van der Waals surface area (Å²) in [4.78, 5) is 12.1. The molecule has 0 spiro atoms. The molecule has 0 aromatic rings. The highest BCUT2D eigenvalue weighted by molar-refractivity contribution is 5.86. The third kappa shape index (κ3) is 2.17. The highest BCUT2D eigenvalue weighted by Crippen LogP contribution is 2.26. The van der Waals surface area contributed by atoms with Crippen LogP contribution in [0.1, 0.15) is 46.0 Å². The van der Waals surface area contributed by atoms with E-state index in [1.54, 1.807) is 0 Å². The van der Waals surface area contributed by atoms with Crippen molar-refractivity contribution in [3.63, 3.8) is 0 Å². The molecule has 15 heavy (non-hydrogen) atoms. The Morgan fingerprint density at radius 3 is 2.73 bits per heavy atom. The molecular formula is C12H22N2O. The maximum atomic E-state index is 12.1. The molecule has 1 heterocycles. The fourth-order valence-electron chi connectivity index (χ4n) is 2.78. The van der Waals surface area contributed by atoms with Crippen LogP contribution in [0.4, 0.5) is 0 Å². The van der Waals surface area contributed by atoms with Gasteiger partial charge >= 0.3 is 0 Å². The van der Waals surface area contributed by atoms with E-state index in [-0.39, 0.29) is 11.4 Å². The van der Waals surface area contributed by atoms with Gasteiger partial charge in [-0.05, 0) is 45.1 Å². The predicted molar refractivity (Wildman–Crippen MR) is 60.6 cm³/mol. The van der Waals surface area contributed by atoms with Crippen LogP contribution < -0.4 is 10.6 Å². The van der Waals surface area contributed by atoms with Gasteiger partial charge in [-0.1, -0.05) is 13.3 Å². The fourth-order valence-corrected chi connectivity index (χ4v) is 2.78. The summed E-state index contributed by atoms with van der Waals surface area (Å²) < 4.78 is 0. The average molecular weight is 210 g/mol. The van der Waals surface area contributed by atoms with E-state index in [1.165, 1.54) is 12.8 Å². The van der Waals surface area contributed by atoms with Crippen LogP contribution in [0.5, 0.6) is 0 Å². The molecule has 1 saturated heterocycles. The number of carbonyl (C=O) groups is 1. The van der Waals surface area contributed by atoms with Crippen LogP contribution in [0.3, 0.4) is 0 Å². The van der Waals surface area contributed by atoms with Gasteiger partial charge in [0.15, 0.2) is 0 Å². The Bertz CT molecular complexity index is 246. The van der Waals surface area contributed by atoms with Gasteiger partial charge in [-0.15, -0.1) is 0 Å². The lowest BCUT2D eigenvalue weighted by molar-refractivity contribution is -0.127. The second-order valence-corrected chi connectivity index (χ2v) is 5.35. The van der Waals surface area contributed by atoms with Crippen molar-refractivity contribution in [3.8, 4) is 0 Å². The number of amides is 1. The number of hydrogen-bond donors (Lipinski definition) is 2. The Labute approximate surface area is 92.0 Å². The molecule has 0 radical (unpaired) electrons. The summed E-state index contributed by atoms with van der Waals surface area (Å²) in [5, 5.41) is 6.52. The molecule has 86 valence electrons. The Balaban J connectivity index is 1.91. The van der Waals surface area contributed by atoms with Gasteiger partial charge in [0.2, 0.25) is 5.91 Å². The molecule has 2 fully saturated rings. The van der Waals surface area contributed by atoms with E-state index in [1.807, 2.05) is 6.92 Å². The second-order valence-electron chi connectivity index (χ2n) is 5.35. The molecular weight excluding hydrogens is 188 g/mol. The molecule has 3 atom stereocenters. The molecule has 1 aliphatic heterocycles. The topological polar surface area (TPSA) is 41.1 Å². The zero-order valence-corrected chi connectivity index (χ0v) is 9.81. The lowest BCUT2D eigenvalue weighted by Crippen LogP contribution is -2.54. The smallest absolute Gasteiger partial charge is 0.240 e. The molecule has 3 unspecified atom stereocenters. The molecule has 0 aromatic carbocycles. The third-order valence-electron chi connectivity index (χ3n) is 4.05. The van der Waals surface area contributed by atoms with Gasteiger partial charge < -0.3 is 10.6 Å². The van der Waals surface area contributed by atoms with Crippen LogP contribution in [0.2, 0.25) is 0 Å². The van der Waals surface area contributed by atoms with Crippen molar-refractivity contribution >= 4 is 5.91 Å². The maximum absolute atomic E-state index is 12.1. The van der Waals surface area contributed by atoms with Gasteiger partial charge in [-0.2, -0.15) is 0 Å². The summed E-state index contributed by atoms with van der Waals surface area (Å²) in [5.41, 5.74) is -0.303. The van der Waals surface area contributed by atoms with E-state index in [9.17, 15) is 4.79 Å². The second kappa shape index (κ2) is 4.12. The normalized spacial score (nSPS) is 40.7. The average Bonchev–Trinajstić information content (AvgIpc) is 2.78. The first-order valence-electron chi connectivity index (χ1n) is 6.18. The van der Waals surface area contributed by atoms with E-state index < -0.39 is 0 Å². The van der Waals surface area contributed by atoms with Crippen LogP contribution in [0, 0.1) is 5.92 Å². The monoisotopic (exact) mass is 210 g/mol. The van der Waals surface area contributed by atoms with Crippen LogP contribution >= 0.6 is 0 Å². The molecule has 2 N–H and O–H groups in total. The third-order valence-corrected chi connectivity index (χ3v) is 4.05. The molecule has 0 aromatic heterocycles. The van der Waals surface area contributed by atoms with Crippen LogP contribution in [-0.4, -0.2) is 24.0 Å². The molecule has 3 heteroatoms. The first-order valence-corrected chi connectivity index (χ1v) is 6.18. The van der Waals surface area contributed by atoms with Crippen LogP contribution in [0.25, 0.3) is 0 Å². The summed E-state index contributed by atoms with van der Waals surface area (Å²) in [6, 6.07) is 0.414. The van der Waals surface area contributed by atoms with Crippen molar-refractivity contribution in [1.82, 2.24) is 10.6 Å². The summed E-state index contributed by atoms with van der Waals surface area (Å²) in [6.07, 6.45) is 5.76. The molecule has 2 aliphatic rings. The summed E-state index contributed by atoms with van der Waals surface area (Å²) >= 11 is 0. The molecule has 3 nitrogen and oxygen atoms in total. The quantitative estimate of drug-likeness (QED) is 0.724. The van der Waals surface area contributed by atoms with Gasteiger partial charge in [0.05, 0.1) is 5.54 Å². The lowest BCUT2D eigenvalue weighted by Gasteiger charge is -2.27. The molecule has 1 saturated carbocycles. The molecule has 2 rings (SSSR count). The minimum absolute atomic E-state index is 0.207. The first kappa shape index (κ1) is 10.9. The van der Waals surface area contributed by atoms with Gasteiger partial charge in [0.1, 0.15) is 0 Å². The highest BCUT2D eigenvalue weighted by atomic mass is 16.2. The van der Waals surface area contributed by atoms with E-state index in [2.05, 4.69) is 17.6 Å². The molecule has 1 amide bonds. The molecule has 1 aliphatic carbocycles. The minimum atomic E-state index is -0.303. The Hall–Kier alpha value is -0.570. The number of carbonyl (C=O) groups excluding carboxylic acids is 1. The lowest BCUT2D eigenvalue weighted by atomic mass is 9.97. The standard InChI is InChI=1S/C12H22N2O/c1-9-5-3-6-10(9)14-11(15)12(2)7-4-8-13-12/h9-10,13H,3-8H2,1-2H3,(H,14,15). The van der Waals surface area contributed by atoms with E-state index in [4.69, 9.17) is 0 Å². The SMILES string of the molecule is CC1CCCC1NC(=O)C1(C)CCCN1. The van der Waals surface area contributed by atoms with Crippen LogP contribution in [0.15, 0.2) is 0 Å². The van der Waals surface area contributed by atoms with E-state index in [0.717, 1.165) is 25.8 Å². The van der Waals surface area contributed by atoms with E-state index >= 15 is 0 Å². The Morgan fingerprint density at radius 2 is 2.20 bits per heavy atom. The summed E-state index contributed by atoms with van der Waals surface area (Å²) in [6.45, 7) is 5.24. The largest absolute Gasteiger partial charge is 0.352 e. The van der Waals surface area contributed by atoms with Crippen LogP contribution in [-0.2, 0) is 4.79 Å². The Morgan fingerprint density at radius 1 is 1.40 bits per heavy atom. The molecule has 0 bridgehead atoms. The number of hydrogen-bond acceptors (Lipinski definition) is 2. The summed E-state index contributed by atoms with van der Waals surface area (Å²) in [5.74, 6) is 0.859. The van der Waals surface area contributed by atoms with Gasteiger partial charge in [-0.3, -0.25) is 4.79 Å². The van der Waals surface area contributed by atoms with Crippen molar-refractivity contribution in [2.75, 3.05) is 6.54 Å². The van der Waals surface area contributed by atoms with E-state index in [0.29, 0.717) is 12.0 Å². The minimum Gasteiger partial charge on any atom is -0.352 e. The van der Waals surface area contributed by atoms with Crippen molar-refractivity contribution in [3.05, 3.63) is 0 Å². The predicted octanol–water partition coefficient (Wildman–Crippen LogP) is 1.43. The number of nitrogens with one attached hydrogen (secondary N) is 2. The summed E-state index contributed by atoms with van der Waals surface area (Å²) in [7, 11) is 0. The van der Waals surface area contributed by atoms with Crippen molar-refractivity contribution in [2.24, 2.45) is 5.92 Å². The van der Waals surface area contributed by atoms with Gasteiger partial charge in [-0.25, -0.2) is 0 Å². The first-order chi connectivity index (χ1) is 7.12.